The van der Waals surface area contributed by atoms with E-state index in [2.05, 4.69) is 14.9 Å². The van der Waals surface area contributed by atoms with Gasteiger partial charge in [0.25, 0.3) is 0 Å². The maximum Gasteiger partial charge on any atom is 0.319 e. The molecule has 0 bridgehead atoms. The average molecular weight is 277 g/mol. The number of aromatic nitrogens is 2. The monoisotopic (exact) mass is 277 g/mol. The highest BCUT2D eigenvalue weighted by molar-refractivity contribution is 5.74. The zero-order valence-electron chi connectivity index (χ0n) is 11.8. The number of fused-ring (bicyclic) bond motifs is 1. The van der Waals surface area contributed by atoms with E-state index in [4.69, 9.17) is 4.74 Å². The number of ether oxygens (including phenoxy) is 1. The summed E-state index contributed by atoms with van der Waals surface area (Å²) in [5, 5.41) is 0. The van der Waals surface area contributed by atoms with Crippen molar-refractivity contribution in [1.82, 2.24) is 19.8 Å². The molecule has 2 fully saturated rings. The number of carbonyl (C=O) groups is 1. The van der Waals surface area contributed by atoms with E-state index >= 15 is 0 Å². The van der Waals surface area contributed by atoms with Gasteiger partial charge in [-0.15, -0.1) is 0 Å². The molecule has 2 aliphatic heterocycles. The second kappa shape index (κ2) is 5.24. The van der Waals surface area contributed by atoms with Crippen molar-refractivity contribution in [2.75, 3.05) is 45.2 Å². The maximum atomic E-state index is 12.1. The quantitative estimate of drug-likeness (QED) is 0.726. The number of likely N-dealkylation sites (tertiary alicyclic amines) is 1. The molecular formula is C13H19N5O2. The molecule has 108 valence electrons. The SMILES string of the molecule is CN(C)C(=O)N1C[C@@H]2OCCN(c3ncccn3)[C@@H]2C1. The van der Waals surface area contributed by atoms with Gasteiger partial charge in [0.15, 0.2) is 0 Å². The van der Waals surface area contributed by atoms with Crippen LogP contribution >= 0.6 is 0 Å². The van der Waals surface area contributed by atoms with Crippen LogP contribution in [0.5, 0.6) is 0 Å². The van der Waals surface area contributed by atoms with E-state index in [1.807, 2.05) is 4.90 Å². The first-order chi connectivity index (χ1) is 9.66. The molecule has 20 heavy (non-hydrogen) atoms. The molecule has 3 heterocycles. The highest BCUT2D eigenvalue weighted by Gasteiger charge is 2.43. The molecule has 0 spiro atoms. The zero-order valence-corrected chi connectivity index (χ0v) is 11.8. The molecule has 0 saturated carbocycles. The first-order valence-electron chi connectivity index (χ1n) is 6.78. The molecule has 1 aromatic rings. The Hall–Kier alpha value is -1.89. The highest BCUT2D eigenvalue weighted by Crippen LogP contribution is 2.26. The van der Waals surface area contributed by atoms with E-state index in [1.165, 1.54) is 0 Å². The molecule has 2 saturated heterocycles. The normalized spacial score (nSPS) is 25.5. The van der Waals surface area contributed by atoms with Gasteiger partial charge in [0.05, 0.1) is 25.3 Å². The van der Waals surface area contributed by atoms with E-state index in [0.717, 1.165) is 6.54 Å². The summed E-state index contributed by atoms with van der Waals surface area (Å²) in [6.07, 6.45) is 3.52. The van der Waals surface area contributed by atoms with Crippen molar-refractivity contribution < 1.29 is 9.53 Å². The van der Waals surface area contributed by atoms with Gasteiger partial charge in [-0.1, -0.05) is 0 Å². The summed E-state index contributed by atoms with van der Waals surface area (Å²) < 4.78 is 5.80. The molecule has 1 aromatic heterocycles. The van der Waals surface area contributed by atoms with E-state index in [0.29, 0.717) is 25.6 Å². The fraction of sp³-hybridized carbons (Fsp3) is 0.615. The Morgan fingerprint density at radius 2 is 2.10 bits per heavy atom. The number of morpholine rings is 1. The summed E-state index contributed by atoms with van der Waals surface area (Å²) in [5.41, 5.74) is 0. The molecule has 7 heteroatoms. The minimum atomic E-state index is 0.0249. The van der Waals surface area contributed by atoms with Crippen LogP contribution in [0.15, 0.2) is 18.5 Å². The summed E-state index contributed by atoms with van der Waals surface area (Å²) >= 11 is 0. The second-order valence-corrected chi connectivity index (χ2v) is 5.30. The first kappa shape index (κ1) is 13.1. The molecule has 0 aliphatic carbocycles. The number of urea groups is 1. The molecule has 0 N–H and O–H groups in total. The van der Waals surface area contributed by atoms with Gasteiger partial charge in [0, 0.05) is 39.6 Å². The van der Waals surface area contributed by atoms with Gasteiger partial charge in [-0.2, -0.15) is 0 Å². The highest BCUT2D eigenvalue weighted by atomic mass is 16.5. The Morgan fingerprint density at radius 1 is 1.35 bits per heavy atom. The molecule has 2 amide bonds. The van der Waals surface area contributed by atoms with Gasteiger partial charge >= 0.3 is 6.03 Å². The average Bonchev–Trinajstić information content (AvgIpc) is 2.91. The molecule has 0 aromatic carbocycles. The predicted molar refractivity (Wildman–Crippen MR) is 73.6 cm³/mol. The van der Waals surface area contributed by atoms with Crippen LogP contribution in [0, 0.1) is 0 Å². The van der Waals surface area contributed by atoms with Crippen LogP contribution in [0.25, 0.3) is 0 Å². The Kier molecular flexibility index (Phi) is 3.43. The lowest BCUT2D eigenvalue weighted by atomic mass is 10.1. The van der Waals surface area contributed by atoms with E-state index in [-0.39, 0.29) is 18.2 Å². The summed E-state index contributed by atoms with van der Waals surface area (Å²) in [6.45, 7) is 2.68. The van der Waals surface area contributed by atoms with Crippen molar-refractivity contribution in [2.24, 2.45) is 0 Å². The topological polar surface area (TPSA) is 61.8 Å². The molecule has 3 rings (SSSR count). The number of hydrogen-bond donors (Lipinski definition) is 0. The van der Waals surface area contributed by atoms with Crippen LogP contribution in [-0.4, -0.2) is 78.3 Å². The van der Waals surface area contributed by atoms with Crippen LogP contribution in [-0.2, 0) is 4.74 Å². The van der Waals surface area contributed by atoms with Crippen molar-refractivity contribution in [3.8, 4) is 0 Å². The molecule has 0 unspecified atom stereocenters. The Balaban J connectivity index is 1.78. The first-order valence-corrected chi connectivity index (χ1v) is 6.78. The van der Waals surface area contributed by atoms with Crippen molar-refractivity contribution in [2.45, 2.75) is 12.1 Å². The third-order valence-corrected chi connectivity index (χ3v) is 3.76. The van der Waals surface area contributed by atoms with E-state index in [9.17, 15) is 4.79 Å². The largest absolute Gasteiger partial charge is 0.372 e. The number of hydrogen-bond acceptors (Lipinski definition) is 5. The third-order valence-electron chi connectivity index (χ3n) is 3.76. The fourth-order valence-electron chi connectivity index (χ4n) is 2.81. The van der Waals surface area contributed by atoms with Crippen LogP contribution in [0.4, 0.5) is 10.7 Å². The molecular weight excluding hydrogens is 258 g/mol. The number of rotatable bonds is 1. The van der Waals surface area contributed by atoms with Gasteiger partial charge < -0.3 is 19.4 Å². The van der Waals surface area contributed by atoms with Crippen molar-refractivity contribution in [3.05, 3.63) is 18.5 Å². The minimum Gasteiger partial charge on any atom is -0.372 e. The second-order valence-electron chi connectivity index (χ2n) is 5.30. The van der Waals surface area contributed by atoms with Crippen LogP contribution in [0.3, 0.4) is 0 Å². The third kappa shape index (κ3) is 2.29. The lowest BCUT2D eigenvalue weighted by Gasteiger charge is -2.36. The Bertz CT molecular complexity index is 481. The molecule has 2 aliphatic rings. The lowest BCUT2D eigenvalue weighted by Crippen LogP contribution is -2.51. The molecule has 0 radical (unpaired) electrons. The fourth-order valence-corrected chi connectivity index (χ4v) is 2.81. The summed E-state index contributed by atoms with van der Waals surface area (Å²) in [5.74, 6) is 0.713. The Labute approximate surface area is 118 Å². The van der Waals surface area contributed by atoms with Crippen LogP contribution < -0.4 is 4.90 Å². The maximum absolute atomic E-state index is 12.1. The van der Waals surface area contributed by atoms with Crippen LogP contribution in [0.2, 0.25) is 0 Å². The van der Waals surface area contributed by atoms with Gasteiger partial charge in [0.1, 0.15) is 0 Å². The van der Waals surface area contributed by atoms with Crippen molar-refractivity contribution in [1.29, 1.82) is 0 Å². The van der Waals surface area contributed by atoms with Crippen molar-refractivity contribution >= 4 is 12.0 Å². The summed E-state index contributed by atoms with van der Waals surface area (Å²) in [6, 6.07) is 1.96. The van der Waals surface area contributed by atoms with Gasteiger partial charge in [-0.3, -0.25) is 0 Å². The van der Waals surface area contributed by atoms with E-state index < -0.39 is 0 Å². The van der Waals surface area contributed by atoms with Gasteiger partial charge in [0.2, 0.25) is 5.95 Å². The molecule has 7 nitrogen and oxygen atoms in total. The summed E-state index contributed by atoms with van der Waals surface area (Å²) in [7, 11) is 3.53. The number of amides is 2. The minimum absolute atomic E-state index is 0.0249. The molecule has 2 atom stereocenters. The zero-order chi connectivity index (χ0) is 14.1. The Morgan fingerprint density at radius 3 is 2.80 bits per heavy atom. The number of anilines is 1. The van der Waals surface area contributed by atoms with Crippen LogP contribution in [0.1, 0.15) is 0 Å². The van der Waals surface area contributed by atoms with E-state index in [1.54, 1.807) is 37.5 Å². The number of carbonyl (C=O) groups excluding carboxylic acids is 1. The van der Waals surface area contributed by atoms with Gasteiger partial charge in [-0.05, 0) is 6.07 Å². The standard InChI is InChI=1S/C13H19N5O2/c1-16(2)13(19)17-8-10-11(9-17)20-7-6-18(10)12-14-4-3-5-15-12/h3-5,10-11H,6-9H2,1-2H3/t10-,11+/m1/s1. The van der Waals surface area contributed by atoms with Gasteiger partial charge in [-0.25, -0.2) is 14.8 Å². The summed E-state index contributed by atoms with van der Waals surface area (Å²) in [4.78, 5) is 26.3. The lowest BCUT2D eigenvalue weighted by molar-refractivity contribution is 0.0310. The number of nitrogens with zero attached hydrogens (tertiary/aromatic N) is 5. The smallest absolute Gasteiger partial charge is 0.319 e. The predicted octanol–water partition coefficient (Wildman–Crippen LogP) is 0.0476. The van der Waals surface area contributed by atoms with Crippen molar-refractivity contribution in [3.63, 3.8) is 0 Å².